The Labute approximate surface area is 112 Å². The summed E-state index contributed by atoms with van der Waals surface area (Å²) in [6.45, 7) is 4.61. The lowest BCUT2D eigenvalue weighted by molar-refractivity contribution is 0.199. The number of amides is 2. The van der Waals surface area contributed by atoms with Crippen molar-refractivity contribution in [2.24, 2.45) is 16.6 Å². The molecule has 1 aliphatic rings. The molecule has 1 aromatic carbocycles. The van der Waals surface area contributed by atoms with E-state index in [0.29, 0.717) is 18.0 Å². The third-order valence-corrected chi connectivity index (χ3v) is 3.00. The standard InChI is InChI=1S/C14H16N4O/c1-9(2)8-18-12(13(16)17-14(18)19)11-6-4-3-5-10(11)7-15/h3-6,9,12H,8H2,1-2H3,(H2,16,17,19). The third kappa shape index (κ3) is 2.43. The van der Waals surface area contributed by atoms with E-state index >= 15 is 0 Å². The van der Waals surface area contributed by atoms with Crippen LogP contribution in [0.15, 0.2) is 29.3 Å². The Morgan fingerprint density at radius 1 is 1.47 bits per heavy atom. The van der Waals surface area contributed by atoms with Crippen LogP contribution in [0, 0.1) is 17.2 Å². The van der Waals surface area contributed by atoms with E-state index in [1.54, 1.807) is 17.0 Å². The first-order valence-corrected chi connectivity index (χ1v) is 6.18. The molecule has 98 valence electrons. The Bertz CT molecular complexity index is 571. The van der Waals surface area contributed by atoms with Gasteiger partial charge in [0, 0.05) is 12.1 Å². The first-order valence-electron chi connectivity index (χ1n) is 6.18. The molecular formula is C14H16N4O. The molecule has 0 saturated carbocycles. The highest BCUT2D eigenvalue weighted by Crippen LogP contribution is 2.29. The number of urea groups is 1. The molecule has 0 aliphatic carbocycles. The fraction of sp³-hybridized carbons (Fsp3) is 0.357. The van der Waals surface area contributed by atoms with Crippen LogP contribution in [0.2, 0.25) is 0 Å². The second-order valence-corrected chi connectivity index (χ2v) is 4.97. The molecule has 0 aromatic heterocycles. The van der Waals surface area contributed by atoms with E-state index in [9.17, 15) is 4.79 Å². The van der Waals surface area contributed by atoms with E-state index in [0.717, 1.165) is 5.56 Å². The lowest BCUT2D eigenvalue weighted by atomic mass is 9.99. The van der Waals surface area contributed by atoms with Gasteiger partial charge in [-0.2, -0.15) is 10.3 Å². The van der Waals surface area contributed by atoms with E-state index in [1.807, 2.05) is 26.0 Å². The van der Waals surface area contributed by atoms with Gasteiger partial charge in [0.2, 0.25) is 0 Å². The van der Waals surface area contributed by atoms with Crippen molar-refractivity contribution in [1.29, 1.82) is 5.26 Å². The first-order chi connectivity index (χ1) is 9.04. The highest BCUT2D eigenvalue weighted by Gasteiger charge is 2.35. The summed E-state index contributed by atoms with van der Waals surface area (Å²) in [6.07, 6.45) is 0. The predicted molar refractivity (Wildman–Crippen MR) is 72.5 cm³/mol. The van der Waals surface area contributed by atoms with Crippen molar-refractivity contribution in [3.8, 4) is 6.07 Å². The number of nitrogens with two attached hydrogens (primary N) is 1. The highest BCUT2D eigenvalue weighted by molar-refractivity contribution is 6.03. The molecule has 5 heteroatoms. The number of nitrogens with zero attached hydrogens (tertiary/aromatic N) is 3. The van der Waals surface area contributed by atoms with Gasteiger partial charge in [-0.05, 0) is 12.0 Å². The summed E-state index contributed by atoms with van der Waals surface area (Å²) in [6, 6.07) is 8.54. The van der Waals surface area contributed by atoms with E-state index < -0.39 is 6.04 Å². The number of rotatable bonds is 3. The minimum atomic E-state index is -0.425. The van der Waals surface area contributed by atoms with Crippen LogP contribution >= 0.6 is 0 Å². The Kier molecular flexibility index (Phi) is 3.52. The fourth-order valence-electron chi connectivity index (χ4n) is 2.25. The molecule has 0 bridgehead atoms. The zero-order valence-electron chi connectivity index (χ0n) is 11.0. The zero-order chi connectivity index (χ0) is 14.0. The van der Waals surface area contributed by atoms with Crippen molar-refractivity contribution >= 4 is 11.9 Å². The highest BCUT2D eigenvalue weighted by atomic mass is 16.2. The molecule has 1 aromatic rings. The number of aliphatic imine (C=N–C) groups is 1. The Hall–Kier alpha value is -2.35. The summed E-state index contributed by atoms with van der Waals surface area (Å²) in [5.41, 5.74) is 7.13. The molecule has 1 aliphatic heterocycles. The maximum Gasteiger partial charge on any atom is 0.346 e. The molecule has 0 spiro atoms. The summed E-state index contributed by atoms with van der Waals surface area (Å²) in [7, 11) is 0. The average molecular weight is 256 g/mol. The van der Waals surface area contributed by atoms with Crippen LogP contribution in [0.4, 0.5) is 4.79 Å². The van der Waals surface area contributed by atoms with Crippen molar-refractivity contribution in [3.05, 3.63) is 35.4 Å². The number of carbonyl (C=O) groups excluding carboxylic acids is 1. The molecule has 0 radical (unpaired) electrons. The monoisotopic (exact) mass is 256 g/mol. The largest absolute Gasteiger partial charge is 0.385 e. The summed E-state index contributed by atoms with van der Waals surface area (Å²) in [4.78, 5) is 17.3. The first kappa shape index (κ1) is 13.1. The Morgan fingerprint density at radius 2 is 2.16 bits per heavy atom. The molecule has 1 heterocycles. The molecule has 0 saturated heterocycles. The van der Waals surface area contributed by atoms with E-state index in [1.165, 1.54) is 0 Å². The lowest BCUT2D eigenvalue weighted by Crippen LogP contribution is -2.36. The summed E-state index contributed by atoms with van der Waals surface area (Å²) in [5.74, 6) is 0.565. The van der Waals surface area contributed by atoms with Gasteiger partial charge in [-0.15, -0.1) is 0 Å². The van der Waals surface area contributed by atoms with Gasteiger partial charge in [0.15, 0.2) is 0 Å². The van der Waals surface area contributed by atoms with Gasteiger partial charge in [0.1, 0.15) is 11.9 Å². The smallest absolute Gasteiger partial charge is 0.346 e. The number of hydrogen-bond acceptors (Lipinski definition) is 3. The quantitative estimate of drug-likeness (QED) is 0.898. The second kappa shape index (κ2) is 5.11. The minimum Gasteiger partial charge on any atom is -0.385 e. The molecule has 5 nitrogen and oxygen atoms in total. The predicted octanol–water partition coefficient (Wildman–Crippen LogP) is 2.05. The third-order valence-electron chi connectivity index (χ3n) is 3.00. The summed E-state index contributed by atoms with van der Waals surface area (Å²) >= 11 is 0. The van der Waals surface area contributed by atoms with Gasteiger partial charge in [-0.1, -0.05) is 32.0 Å². The normalized spacial score (nSPS) is 18.6. The molecule has 2 rings (SSSR count). The molecule has 0 fully saturated rings. The average Bonchev–Trinajstić information content (AvgIpc) is 2.63. The maximum absolute atomic E-state index is 11.9. The van der Waals surface area contributed by atoms with Crippen LogP contribution in [-0.2, 0) is 0 Å². The van der Waals surface area contributed by atoms with Crippen LogP contribution in [0.3, 0.4) is 0 Å². The number of carbonyl (C=O) groups is 1. The summed E-state index contributed by atoms with van der Waals surface area (Å²) < 4.78 is 0. The van der Waals surface area contributed by atoms with Gasteiger partial charge in [0.05, 0.1) is 11.6 Å². The fourth-order valence-corrected chi connectivity index (χ4v) is 2.25. The number of amidine groups is 1. The van der Waals surface area contributed by atoms with E-state index in [-0.39, 0.29) is 11.9 Å². The van der Waals surface area contributed by atoms with Gasteiger partial charge >= 0.3 is 6.03 Å². The minimum absolute atomic E-state index is 0.258. The topological polar surface area (TPSA) is 82.5 Å². The van der Waals surface area contributed by atoms with Gasteiger partial charge < -0.3 is 10.6 Å². The molecule has 19 heavy (non-hydrogen) atoms. The van der Waals surface area contributed by atoms with Crippen LogP contribution in [0.1, 0.15) is 31.0 Å². The molecule has 1 unspecified atom stereocenters. The molecule has 2 amide bonds. The summed E-state index contributed by atoms with van der Waals surface area (Å²) in [5, 5.41) is 9.16. The van der Waals surface area contributed by atoms with Crippen molar-refractivity contribution in [1.82, 2.24) is 4.90 Å². The molecule has 2 N–H and O–H groups in total. The van der Waals surface area contributed by atoms with Crippen LogP contribution in [-0.4, -0.2) is 23.3 Å². The Morgan fingerprint density at radius 3 is 2.79 bits per heavy atom. The SMILES string of the molecule is CC(C)CN1C(=O)N=C(N)C1c1ccccc1C#N. The van der Waals surface area contributed by atoms with Crippen LogP contribution in [0.25, 0.3) is 0 Å². The maximum atomic E-state index is 11.9. The van der Waals surface area contributed by atoms with E-state index in [4.69, 9.17) is 11.0 Å². The second-order valence-electron chi connectivity index (χ2n) is 4.97. The van der Waals surface area contributed by atoms with Gasteiger partial charge in [0.25, 0.3) is 0 Å². The van der Waals surface area contributed by atoms with Crippen molar-refractivity contribution < 1.29 is 4.79 Å². The number of hydrogen-bond donors (Lipinski definition) is 1. The number of nitriles is 1. The number of benzene rings is 1. The van der Waals surface area contributed by atoms with Crippen LogP contribution < -0.4 is 5.73 Å². The van der Waals surface area contributed by atoms with Gasteiger partial charge in [-0.25, -0.2) is 4.79 Å². The Balaban J connectivity index is 2.43. The molecular weight excluding hydrogens is 240 g/mol. The van der Waals surface area contributed by atoms with Crippen molar-refractivity contribution in [2.75, 3.05) is 6.54 Å². The van der Waals surface area contributed by atoms with E-state index in [2.05, 4.69) is 11.1 Å². The molecule has 1 atom stereocenters. The van der Waals surface area contributed by atoms with Crippen LogP contribution in [0.5, 0.6) is 0 Å². The van der Waals surface area contributed by atoms with Gasteiger partial charge in [-0.3, -0.25) is 0 Å². The lowest BCUT2D eigenvalue weighted by Gasteiger charge is -2.26. The van der Waals surface area contributed by atoms with Crippen molar-refractivity contribution in [2.45, 2.75) is 19.9 Å². The van der Waals surface area contributed by atoms with Crippen molar-refractivity contribution in [3.63, 3.8) is 0 Å². The zero-order valence-corrected chi connectivity index (χ0v) is 11.0.